The summed E-state index contributed by atoms with van der Waals surface area (Å²) in [5.74, 6) is -0.0439. The maximum atomic E-state index is 12.1. The largest absolute Gasteiger partial charge is 0.466 e. The van der Waals surface area contributed by atoms with E-state index in [1.165, 1.54) is 16.7 Å². The zero-order valence-electron chi connectivity index (χ0n) is 12.8. The summed E-state index contributed by atoms with van der Waals surface area (Å²) in [6.45, 7) is 2.32. The van der Waals surface area contributed by atoms with E-state index in [1.54, 1.807) is 31.2 Å². The summed E-state index contributed by atoms with van der Waals surface area (Å²) in [6, 6.07) is 6.77. The first-order chi connectivity index (χ1) is 11.0. The fourth-order valence-corrected chi connectivity index (χ4v) is 3.04. The van der Waals surface area contributed by atoms with Gasteiger partial charge in [0, 0.05) is 23.8 Å². The summed E-state index contributed by atoms with van der Waals surface area (Å²) in [5, 5.41) is 7.70. The van der Waals surface area contributed by atoms with E-state index in [9.17, 15) is 14.4 Å². The highest BCUT2D eigenvalue weighted by atomic mass is 32.2. The first-order valence-electron chi connectivity index (χ1n) is 7.29. The molecule has 122 valence electrons. The number of ether oxygens (including phenoxy) is 1. The van der Waals surface area contributed by atoms with E-state index in [4.69, 9.17) is 10.1 Å². The van der Waals surface area contributed by atoms with Crippen LogP contribution >= 0.6 is 11.8 Å². The molecule has 23 heavy (non-hydrogen) atoms. The Morgan fingerprint density at radius 1 is 1.22 bits per heavy atom. The number of rotatable bonds is 8. The molecule has 1 aliphatic heterocycles. The smallest absolute Gasteiger partial charge is 0.311 e. The van der Waals surface area contributed by atoms with E-state index in [-0.39, 0.29) is 23.9 Å². The Labute approximate surface area is 138 Å². The Balaban J connectivity index is 1.76. The van der Waals surface area contributed by atoms with Gasteiger partial charge in [0.15, 0.2) is 0 Å². The predicted molar refractivity (Wildman–Crippen MR) is 88.1 cm³/mol. The molecule has 0 saturated carbocycles. The van der Waals surface area contributed by atoms with E-state index in [0.717, 1.165) is 0 Å². The number of nitrogens with one attached hydrogen (secondary N) is 1. The van der Waals surface area contributed by atoms with Crippen LogP contribution in [0.3, 0.4) is 0 Å². The van der Waals surface area contributed by atoms with E-state index in [2.05, 4.69) is 0 Å². The van der Waals surface area contributed by atoms with Crippen molar-refractivity contribution in [2.45, 2.75) is 13.3 Å². The predicted octanol–water partition coefficient (Wildman–Crippen LogP) is 1.99. The van der Waals surface area contributed by atoms with Gasteiger partial charge in [-0.2, -0.15) is 11.8 Å². The molecule has 2 rings (SSSR count). The third kappa shape index (κ3) is 4.19. The van der Waals surface area contributed by atoms with Crippen LogP contribution in [0.25, 0.3) is 0 Å². The number of hydrogen-bond acceptors (Lipinski definition) is 6. The van der Waals surface area contributed by atoms with Gasteiger partial charge >= 0.3 is 5.97 Å². The summed E-state index contributed by atoms with van der Waals surface area (Å²) in [6.07, 6.45) is -0.0200. The Morgan fingerprint density at radius 3 is 2.39 bits per heavy atom. The van der Waals surface area contributed by atoms with Crippen molar-refractivity contribution in [1.82, 2.24) is 4.90 Å². The molecule has 1 aromatic rings. The van der Waals surface area contributed by atoms with Crippen LogP contribution in [-0.4, -0.2) is 53.1 Å². The summed E-state index contributed by atoms with van der Waals surface area (Å²) >= 11 is 1.41. The van der Waals surface area contributed by atoms with Crippen LogP contribution in [0.2, 0.25) is 0 Å². The van der Waals surface area contributed by atoms with Crippen molar-refractivity contribution in [3.63, 3.8) is 0 Å². The quantitative estimate of drug-likeness (QED) is 0.340. The lowest BCUT2D eigenvalue weighted by Gasteiger charge is -2.13. The second-order valence-electron chi connectivity index (χ2n) is 4.95. The number of esters is 1. The van der Waals surface area contributed by atoms with Gasteiger partial charge in [-0.25, -0.2) is 0 Å². The molecular weight excluding hydrogens is 316 g/mol. The minimum absolute atomic E-state index is 0.0200. The number of carbonyl (C=O) groups is 3. The van der Waals surface area contributed by atoms with Gasteiger partial charge in [-0.1, -0.05) is 12.1 Å². The zero-order chi connectivity index (χ0) is 16.8. The fraction of sp³-hybridized carbons (Fsp3) is 0.375. The molecule has 2 amide bonds. The molecule has 1 N–H and O–H groups in total. The first kappa shape index (κ1) is 17.2. The lowest BCUT2D eigenvalue weighted by Crippen LogP contribution is -2.32. The molecule has 0 bridgehead atoms. The third-order valence-corrected chi connectivity index (χ3v) is 4.30. The number of benzene rings is 1. The Morgan fingerprint density at radius 2 is 1.83 bits per heavy atom. The van der Waals surface area contributed by atoms with Crippen molar-refractivity contribution in [3.8, 4) is 0 Å². The number of carbonyl (C=O) groups excluding carboxylic acids is 3. The number of amides is 2. The van der Waals surface area contributed by atoms with E-state index < -0.39 is 5.97 Å². The Hall–Kier alpha value is -2.15. The van der Waals surface area contributed by atoms with Gasteiger partial charge in [-0.05, 0) is 19.1 Å². The second-order valence-corrected chi connectivity index (χ2v) is 6.05. The molecular formula is C16H18N2O4S. The molecule has 0 unspecified atom stereocenters. The summed E-state index contributed by atoms with van der Waals surface area (Å²) in [5.41, 5.74) is 1.16. The Bertz CT molecular complexity index is 610. The lowest BCUT2D eigenvalue weighted by molar-refractivity contribution is -0.141. The maximum Gasteiger partial charge on any atom is 0.311 e. The van der Waals surface area contributed by atoms with Gasteiger partial charge in [0.2, 0.25) is 0 Å². The average molecular weight is 334 g/mol. The monoisotopic (exact) mass is 334 g/mol. The van der Waals surface area contributed by atoms with E-state index in [1.807, 2.05) is 0 Å². The first-order valence-corrected chi connectivity index (χ1v) is 8.45. The van der Waals surface area contributed by atoms with Crippen LogP contribution in [0.5, 0.6) is 0 Å². The van der Waals surface area contributed by atoms with Crippen molar-refractivity contribution in [2.24, 2.45) is 0 Å². The summed E-state index contributed by atoms with van der Waals surface area (Å²) in [4.78, 5) is 36.8. The molecule has 7 heteroatoms. The highest BCUT2D eigenvalue weighted by Crippen LogP contribution is 2.22. The third-order valence-electron chi connectivity index (χ3n) is 3.28. The minimum Gasteiger partial charge on any atom is -0.466 e. The molecule has 1 aromatic carbocycles. The number of imide groups is 1. The van der Waals surface area contributed by atoms with Crippen LogP contribution in [0.4, 0.5) is 0 Å². The van der Waals surface area contributed by atoms with Gasteiger partial charge in [-0.15, -0.1) is 0 Å². The summed E-state index contributed by atoms with van der Waals surface area (Å²) in [7, 11) is 0. The van der Waals surface area contributed by atoms with Crippen LogP contribution in [0, 0.1) is 5.41 Å². The van der Waals surface area contributed by atoms with Crippen molar-refractivity contribution >= 4 is 35.3 Å². The molecule has 0 saturated heterocycles. The molecule has 0 radical (unpaired) electrons. The normalized spacial score (nSPS) is 13.2. The van der Waals surface area contributed by atoms with Crippen molar-refractivity contribution in [3.05, 3.63) is 35.4 Å². The second kappa shape index (κ2) is 7.92. The van der Waals surface area contributed by atoms with Crippen LogP contribution in [-0.2, 0) is 9.53 Å². The van der Waals surface area contributed by atoms with Crippen LogP contribution in [0.15, 0.2) is 24.3 Å². The molecule has 0 aromatic heterocycles. The number of fused-ring (bicyclic) bond motifs is 1. The standard InChI is InChI=1S/C16H18N2O4S/c1-2-22-14(19)9-11(17)10-23-8-7-18-15(20)12-5-3-4-6-13(12)16(18)21/h3-6,17H,2,7-10H2,1H3. The molecule has 1 heterocycles. The van der Waals surface area contributed by atoms with Gasteiger partial charge in [0.25, 0.3) is 11.8 Å². The lowest BCUT2D eigenvalue weighted by atomic mass is 10.1. The molecule has 0 spiro atoms. The number of thioether (sulfide) groups is 1. The molecule has 6 nitrogen and oxygen atoms in total. The molecule has 0 aliphatic carbocycles. The minimum atomic E-state index is -0.404. The zero-order valence-corrected chi connectivity index (χ0v) is 13.6. The van der Waals surface area contributed by atoms with Crippen LogP contribution in [0.1, 0.15) is 34.1 Å². The Kier molecular flexibility index (Phi) is 5.92. The van der Waals surface area contributed by atoms with E-state index in [0.29, 0.717) is 35.8 Å². The number of hydrogen-bond donors (Lipinski definition) is 1. The topological polar surface area (TPSA) is 87.5 Å². The fourth-order valence-electron chi connectivity index (χ4n) is 2.23. The van der Waals surface area contributed by atoms with Crippen molar-refractivity contribution in [1.29, 1.82) is 5.41 Å². The number of nitrogens with zero attached hydrogens (tertiary/aromatic N) is 1. The van der Waals surface area contributed by atoms with Crippen LogP contribution < -0.4 is 0 Å². The van der Waals surface area contributed by atoms with Gasteiger partial charge in [0.05, 0.1) is 24.2 Å². The van der Waals surface area contributed by atoms with Gasteiger partial charge in [0.1, 0.15) is 0 Å². The van der Waals surface area contributed by atoms with E-state index >= 15 is 0 Å². The highest BCUT2D eigenvalue weighted by molar-refractivity contribution is 7.99. The van der Waals surface area contributed by atoms with Crippen molar-refractivity contribution in [2.75, 3.05) is 24.7 Å². The van der Waals surface area contributed by atoms with Crippen molar-refractivity contribution < 1.29 is 19.1 Å². The SMILES string of the molecule is CCOC(=O)CC(=N)CSCCN1C(=O)c2ccccc2C1=O. The molecule has 0 atom stereocenters. The van der Waals surface area contributed by atoms with Gasteiger partial charge < -0.3 is 10.1 Å². The molecule has 0 fully saturated rings. The average Bonchev–Trinajstić information content (AvgIpc) is 2.76. The highest BCUT2D eigenvalue weighted by Gasteiger charge is 2.34. The summed E-state index contributed by atoms with van der Waals surface area (Å²) < 4.78 is 4.78. The molecule has 1 aliphatic rings. The maximum absolute atomic E-state index is 12.1. The van der Waals surface area contributed by atoms with Gasteiger partial charge in [-0.3, -0.25) is 19.3 Å².